The Bertz CT molecular complexity index is 983. The molecule has 0 saturated carbocycles. The number of hydrogen-bond acceptors (Lipinski definition) is 4. The van der Waals surface area contributed by atoms with Gasteiger partial charge in [0.2, 0.25) is 5.91 Å². The van der Waals surface area contributed by atoms with Crippen molar-refractivity contribution >= 4 is 16.8 Å². The van der Waals surface area contributed by atoms with Crippen LogP contribution in [0.25, 0.3) is 10.9 Å². The Morgan fingerprint density at radius 1 is 1.14 bits per heavy atom. The summed E-state index contributed by atoms with van der Waals surface area (Å²) in [6.07, 6.45) is 2.00. The molecule has 4 rings (SSSR count). The lowest BCUT2D eigenvalue weighted by Crippen LogP contribution is -2.44. The van der Waals surface area contributed by atoms with Gasteiger partial charge in [-0.1, -0.05) is 36.4 Å². The number of benzene rings is 2. The van der Waals surface area contributed by atoms with E-state index >= 15 is 0 Å². The summed E-state index contributed by atoms with van der Waals surface area (Å²) in [7, 11) is 0. The van der Waals surface area contributed by atoms with Gasteiger partial charge in [0.15, 0.2) is 0 Å². The second-order valence-electron chi connectivity index (χ2n) is 7.19. The number of nitrogens with zero attached hydrogens (tertiary/aromatic N) is 2. The molecule has 150 valence electrons. The summed E-state index contributed by atoms with van der Waals surface area (Å²) in [4.78, 5) is 19.3. The molecule has 2 aromatic carbocycles. The smallest absolute Gasteiger partial charge is 0.224 e. The molecular weight excluding hydrogens is 369 g/mol. The lowest BCUT2D eigenvalue weighted by Gasteiger charge is -2.35. The van der Waals surface area contributed by atoms with Gasteiger partial charge in [-0.25, -0.2) is 4.39 Å². The highest BCUT2D eigenvalue weighted by Gasteiger charge is 2.23. The van der Waals surface area contributed by atoms with E-state index in [0.29, 0.717) is 19.8 Å². The molecule has 29 heavy (non-hydrogen) atoms. The van der Waals surface area contributed by atoms with Gasteiger partial charge in [-0.2, -0.15) is 0 Å². The largest absolute Gasteiger partial charge is 0.379 e. The maximum Gasteiger partial charge on any atom is 0.224 e. The number of fused-ring (bicyclic) bond motifs is 1. The summed E-state index contributed by atoms with van der Waals surface area (Å²) in [6, 6.07) is 16.2. The number of morpholine rings is 1. The molecule has 0 radical (unpaired) electrons. The first-order chi connectivity index (χ1) is 14.2. The van der Waals surface area contributed by atoms with Crippen LogP contribution in [0.3, 0.4) is 0 Å². The zero-order chi connectivity index (χ0) is 20.1. The normalized spacial score (nSPS) is 15.9. The van der Waals surface area contributed by atoms with Gasteiger partial charge in [0.1, 0.15) is 5.82 Å². The van der Waals surface area contributed by atoms with Gasteiger partial charge in [0.25, 0.3) is 0 Å². The predicted octanol–water partition coefficient (Wildman–Crippen LogP) is 3.11. The van der Waals surface area contributed by atoms with Crippen LogP contribution < -0.4 is 5.32 Å². The van der Waals surface area contributed by atoms with Gasteiger partial charge in [0, 0.05) is 31.2 Å². The Balaban J connectivity index is 1.47. The summed E-state index contributed by atoms with van der Waals surface area (Å²) in [5.41, 5.74) is 2.60. The van der Waals surface area contributed by atoms with Crippen molar-refractivity contribution < 1.29 is 13.9 Å². The standard InChI is InChI=1S/C23H24FN3O2/c24-20-8-2-5-18(14-20)21(27-10-12-29-13-11-27)16-26-22(28)15-19-6-1-4-17-7-3-9-25-23(17)19/h1-9,14,21H,10-13,15-16H2,(H,26,28). The zero-order valence-electron chi connectivity index (χ0n) is 16.2. The molecule has 1 saturated heterocycles. The molecule has 1 aliphatic heterocycles. The third-order valence-electron chi connectivity index (χ3n) is 5.28. The van der Waals surface area contributed by atoms with Crippen molar-refractivity contribution in [3.63, 3.8) is 0 Å². The molecule has 0 bridgehead atoms. The van der Waals surface area contributed by atoms with Gasteiger partial charge in [-0.15, -0.1) is 0 Å². The summed E-state index contributed by atoms with van der Waals surface area (Å²) in [5, 5.41) is 4.06. The molecule has 1 aromatic heterocycles. The van der Waals surface area contributed by atoms with Crippen LogP contribution in [0.5, 0.6) is 0 Å². The van der Waals surface area contributed by atoms with Gasteiger partial charge >= 0.3 is 0 Å². The van der Waals surface area contributed by atoms with Crippen LogP contribution in [-0.4, -0.2) is 48.6 Å². The minimum atomic E-state index is -0.270. The highest BCUT2D eigenvalue weighted by atomic mass is 19.1. The van der Waals surface area contributed by atoms with Crippen molar-refractivity contribution in [2.75, 3.05) is 32.8 Å². The number of hydrogen-bond donors (Lipinski definition) is 1. The number of para-hydroxylation sites is 1. The second-order valence-corrected chi connectivity index (χ2v) is 7.19. The van der Waals surface area contributed by atoms with Gasteiger partial charge in [0.05, 0.1) is 31.2 Å². The van der Waals surface area contributed by atoms with E-state index in [2.05, 4.69) is 15.2 Å². The number of carbonyl (C=O) groups excluding carboxylic acids is 1. The lowest BCUT2D eigenvalue weighted by atomic mass is 10.0. The molecule has 1 N–H and O–H groups in total. The molecule has 1 unspecified atom stereocenters. The molecule has 6 heteroatoms. The zero-order valence-corrected chi connectivity index (χ0v) is 16.2. The first-order valence-corrected chi connectivity index (χ1v) is 9.87. The molecule has 3 aromatic rings. The lowest BCUT2D eigenvalue weighted by molar-refractivity contribution is -0.120. The average Bonchev–Trinajstić information content (AvgIpc) is 2.75. The minimum Gasteiger partial charge on any atom is -0.379 e. The van der Waals surface area contributed by atoms with E-state index in [1.54, 1.807) is 18.3 Å². The molecule has 5 nitrogen and oxygen atoms in total. The fourth-order valence-corrected chi connectivity index (χ4v) is 3.82. The number of aromatic nitrogens is 1. The quantitative estimate of drug-likeness (QED) is 0.699. The van der Waals surface area contributed by atoms with Crippen molar-refractivity contribution in [1.82, 2.24) is 15.2 Å². The van der Waals surface area contributed by atoms with Crippen molar-refractivity contribution in [3.05, 3.63) is 77.7 Å². The van der Waals surface area contributed by atoms with Crippen molar-refractivity contribution in [2.24, 2.45) is 0 Å². The highest BCUT2D eigenvalue weighted by molar-refractivity contribution is 5.87. The minimum absolute atomic E-state index is 0.0715. The van der Waals surface area contributed by atoms with E-state index in [1.807, 2.05) is 36.4 Å². The van der Waals surface area contributed by atoms with Gasteiger partial charge < -0.3 is 10.1 Å². The molecule has 0 aliphatic carbocycles. The monoisotopic (exact) mass is 393 g/mol. The van der Waals surface area contributed by atoms with E-state index in [9.17, 15) is 9.18 Å². The maximum absolute atomic E-state index is 13.8. The van der Waals surface area contributed by atoms with Crippen LogP contribution in [0.15, 0.2) is 60.8 Å². The predicted molar refractivity (Wildman–Crippen MR) is 110 cm³/mol. The summed E-state index contributed by atoms with van der Waals surface area (Å²) in [6.45, 7) is 3.21. The van der Waals surface area contributed by atoms with Crippen molar-refractivity contribution in [3.8, 4) is 0 Å². The Morgan fingerprint density at radius 2 is 1.93 bits per heavy atom. The number of ether oxygens (including phenoxy) is 1. The highest BCUT2D eigenvalue weighted by Crippen LogP contribution is 2.22. The first-order valence-electron chi connectivity index (χ1n) is 9.87. The molecule has 1 atom stereocenters. The van der Waals surface area contributed by atoms with Gasteiger partial charge in [-0.05, 0) is 29.3 Å². The number of carbonyl (C=O) groups is 1. The third kappa shape index (κ3) is 4.78. The summed E-state index contributed by atoms with van der Waals surface area (Å²) in [5.74, 6) is -0.341. The number of pyridine rings is 1. The Morgan fingerprint density at radius 3 is 2.76 bits per heavy atom. The topological polar surface area (TPSA) is 54.5 Å². The van der Waals surface area contributed by atoms with E-state index in [4.69, 9.17) is 4.74 Å². The van der Waals surface area contributed by atoms with Crippen LogP contribution in [0.2, 0.25) is 0 Å². The fraction of sp³-hybridized carbons (Fsp3) is 0.304. The van der Waals surface area contributed by atoms with E-state index in [1.165, 1.54) is 6.07 Å². The Kier molecular flexibility index (Phi) is 6.12. The second kappa shape index (κ2) is 9.11. The molecule has 1 fully saturated rings. The third-order valence-corrected chi connectivity index (χ3v) is 5.28. The summed E-state index contributed by atoms with van der Waals surface area (Å²) >= 11 is 0. The van der Waals surface area contributed by atoms with Crippen molar-refractivity contribution in [2.45, 2.75) is 12.5 Å². The Labute approximate surface area is 169 Å². The molecule has 2 heterocycles. The van der Waals surface area contributed by atoms with Crippen molar-refractivity contribution in [1.29, 1.82) is 0 Å². The van der Waals surface area contributed by atoms with Crippen LogP contribution in [0, 0.1) is 5.82 Å². The molecule has 1 aliphatic rings. The van der Waals surface area contributed by atoms with Crippen LogP contribution in [0.4, 0.5) is 4.39 Å². The van der Waals surface area contributed by atoms with E-state index in [-0.39, 0.29) is 24.2 Å². The average molecular weight is 393 g/mol. The molecule has 0 spiro atoms. The maximum atomic E-state index is 13.8. The number of amides is 1. The Hall–Kier alpha value is -2.83. The summed E-state index contributed by atoms with van der Waals surface area (Å²) < 4.78 is 19.2. The van der Waals surface area contributed by atoms with Crippen LogP contribution in [-0.2, 0) is 16.0 Å². The van der Waals surface area contributed by atoms with Gasteiger partial charge in [-0.3, -0.25) is 14.7 Å². The molecular formula is C23H24FN3O2. The van der Waals surface area contributed by atoms with E-state index < -0.39 is 0 Å². The molecule has 1 amide bonds. The number of nitrogens with one attached hydrogen (secondary N) is 1. The number of rotatable bonds is 6. The van der Waals surface area contributed by atoms with E-state index in [0.717, 1.165) is 35.1 Å². The van der Waals surface area contributed by atoms with Crippen LogP contribution in [0.1, 0.15) is 17.2 Å². The SMILES string of the molecule is O=C(Cc1cccc2cccnc12)NCC(c1cccc(F)c1)N1CCOCC1. The first kappa shape index (κ1) is 19.5. The van der Waals surface area contributed by atoms with Crippen LogP contribution >= 0.6 is 0 Å². The fourth-order valence-electron chi connectivity index (χ4n) is 3.82. The number of halogens is 1.